The van der Waals surface area contributed by atoms with Crippen molar-refractivity contribution in [3.63, 3.8) is 0 Å². The minimum Gasteiger partial charge on any atom is -0.298 e. The van der Waals surface area contributed by atoms with E-state index in [0.29, 0.717) is 4.90 Å². The summed E-state index contributed by atoms with van der Waals surface area (Å²) in [6.07, 6.45) is 2.03. The Balaban J connectivity index is 2.02. The van der Waals surface area contributed by atoms with Gasteiger partial charge >= 0.3 is 0 Å². The Labute approximate surface area is 192 Å². The molecule has 4 aromatic rings. The highest BCUT2D eigenvalue weighted by Crippen LogP contribution is 2.40. The number of benzene rings is 3. The molecule has 0 aliphatic carbocycles. The summed E-state index contributed by atoms with van der Waals surface area (Å²) in [5.41, 5.74) is 1.47. The summed E-state index contributed by atoms with van der Waals surface area (Å²) in [7, 11) is 0.273. The standard InChI is InChI=1S/C24H26N2O2S3/c1-16-24(30-17(2)25(3)4)21-15-19(29-5)13-14-22(21)26(16)31(27,28)23-12-8-10-18-9-6-7-11-20(18)23/h6-15,17H,1-5H3. The van der Waals surface area contributed by atoms with Gasteiger partial charge < -0.3 is 0 Å². The lowest BCUT2D eigenvalue weighted by Gasteiger charge is -2.19. The van der Waals surface area contributed by atoms with E-state index in [1.807, 2.05) is 75.8 Å². The molecule has 0 saturated heterocycles. The highest BCUT2D eigenvalue weighted by Gasteiger charge is 2.27. The average Bonchev–Trinajstić information content (AvgIpc) is 3.04. The van der Waals surface area contributed by atoms with Gasteiger partial charge in [0.25, 0.3) is 10.0 Å². The summed E-state index contributed by atoms with van der Waals surface area (Å²) in [5.74, 6) is 0. The van der Waals surface area contributed by atoms with Gasteiger partial charge in [-0.1, -0.05) is 36.4 Å². The maximum Gasteiger partial charge on any atom is 0.269 e. The highest BCUT2D eigenvalue weighted by atomic mass is 32.2. The molecule has 0 radical (unpaired) electrons. The third-order valence-electron chi connectivity index (χ3n) is 5.58. The number of hydrogen-bond acceptors (Lipinski definition) is 5. The van der Waals surface area contributed by atoms with E-state index in [1.54, 1.807) is 29.6 Å². The fourth-order valence-corrected chi connectivity index (χ4v) is 7.11. The van der Waals surface area contributed by atoms with Crippen LogP contribution in [-0.2, 0) is 10.0 Å². The molecule has 1 atom stereocenters. The Kier molecular flexibility index (Phi) is 6.14. The van der Waals surface area contributed by atoms with Crippen LogP contribution in [0, 0.1) is 6.92 Å². The van der Waals surface area contributed by atoms with Gasteiger partial charge in [0.2, 0.25) is 0 Å². The van der Waals surface area contributed by atoms with Crippen LogP contribution in [0.5, 0.6) is 0 Å². The van der Waals surface area contributed by atoms with E-state index in [1.165, 1.54) is 3.97 Å². The van der Waals surface area contributed by atoms with Crippen molar-refractivity contribution >= 4 is 55.2 Å². The molecule has 0 aliphatic heterocycles. The molecule has 0 spiro atoms. The van der Waals surface area contributed by atoms with Crippen molar-refractivity contribution in [1.29, 1.82) is 0 Å². The molecule has 7 heteroatoms. The maximum absolute atomic E-state index is 14.0. The molecule has 1 aromatic heterocycles. The average molecular weight is 471 g/mol. The summed E-state index contributed by atoms with van der Waals surface area (Å²) < 4.78 is 29.5. The van der Waals surface area contributed by atoms with Crippen LogP contribution in [0.25, 0.3) is 21.7 Å². The van der Waals surface area contributed by atoms with E-state index < -0.39 is 10.0 Å². The van der Waals surface area contributed by atoms with E-state index in [0.717, 1.165) is 37.2 Å². The van der Waals surface area contributed by atoms with Crippen LogP contribution in [0.4, 0.5) is 0 Å². The predicted molar refractivity (Wildman–Crippen MR) is 134 cm³/mol. The molecule has 0 N–H and O–H groups in total. The summed E-state index contributed by atoms with van der Waals surface area (Å²) in [4.78, 5) is 4.59. The zero-order valence-electron chi connectivity index (χ0n) is 18.3. The number of aromatic nitrogens is 1. The quantitative estimate of drug-likeness (QED) is 0.253. The lowest BCUT2D eigenvalue weighted by molar-refractivity contribution is 0.402. The Morgan fingerprint density at radius 1 is 0.968 bits per heavy atom. The van der Waals surface area contributed by atoms with Crippen molar-refractivity contribution in [1.82, 2.24) is 8.87 Å². The van der Waals surface area contributed by atoms with E-state index in [4.69, 9.17) is 0 Å². The molecule has 0 bridgehead atoms. The number of nitrogens with zero attached hydrogens (tertiary/aromatic N) is 2. The Morgan fingerprint density at radius 2 is 1.68 bits per heavy atom. The molecule has 0 saturated carbocycles. The van der Waals surface area contributed by atoms with Crippen LogP contribution >= 0.6 is 23.5 Å². The van der Waals surface area contributed by atoms with Gasteiger partial charge in [-0.25, -0.2) is 12.4 Å². The second-order valence-electron chi connectivity index (χ2n) is 7.73. The zero-order valence-corrected chi connectivity index (χ0v) is 20.7. The molecule has 31 heavy (non-hydrogen) atoms. The van der Waals surface area contributed by atoms with Gasteiger partial charge in [0.1, 0.15) is 0 Å². The number of rotatable bonds is 6. The number of fused-ring (bicyclic) bond motifs is 2. The molecule has 0 aliphatic rings. The molecule has 1 heterocycles. The third-order valence-corrected chi connectivity index (χ3v) is 9.69. The fraction of sp³-hybridized carbons (Fsp3) is 0.250. The highest BCUT2D eigenvalue weighted by molar-refractivity contribution is 8.00. The minimum absolute atomic E-state index is 0.205. The van der Waals surface area contributed by atoms with Gasteiger partial charge in [-0.05, 0) is 63.9 Å². The van der Waals surface area contributed by atoms with Crippen LogP contribution in [0.3, 0.4) is 0 Å². The lowest BCUT2D eigenvalue weighted by atomic mass is 10.1. The molecule has 4 nitrogen and oxygen atoms in total. The van der Waals surface area contributed by atoms with Crippen molar-refractivity contribution in [2.24, 2.45) is 0 Å². The van der Waals surface area contributed by atoms with Crippen LogP contribution in [0.15, 0.2) is 75.4 Å². The van der Waals surface area contributed by atoms with Crippen LogP contribution < -0.4 is 0 Å². The minimum atomic E-state index is -3.79. The Hall–Kier alpha value is -1.93. The largest absolute Gasteiger partial charge is 0.298 e. The van der Waals surface area contributed by atoms with Crippen molar-refractivity contribution < 1.29 is 8.42 Å². The van der Waals surface area contributed by atoms with Crippen LogP contribution in [0.1, 0.15) is 12.6 Å². The molecule has 0 amide bonds. The molecule has 0 fully saturated rings. The van der Waals surface area contributed by atoms with E-state index >= 15 is 0 Å². The molecular weight excluding hydrogens is 444 g/mol. The van der Waals surface area contributed by atoms with Crippen LogP contribution in [0.2, 0.25) is 0 Å². The van der Waals surface area contributed by atoms with Crippen molar-refractivity contribution in [2.45, 2.75) is 33.9 Å². The van der Waals surface area contributed by atoms with Gasteiger partial charge in [-0.3, -0.25) is 4.90 Å². The number of hydrogen-bond donors (Lipinski definition) is 0. The second kappa shape index (κ2) is 8.54. The van der Waals surface area contributed by atoms with E-state index in [9.17, 15) is 8.42 Å². The summed E-state index contributed by atoms with van der Waals surface area (Å²) in [6, 6.07) is 19.1. The van der Waals surface area contributed by atoms with Gasteiger partial charge in [0.05, 0.1) is 15.8 Å². The second-order valence-corrected chi connectivity index (χ2v) is 11.7. The maximum atomic E-state index is 14.0. The van der Waals surface area contributed by atoms with E-state index in [2.05, 4.69) is 17.9 Å². The van der Waals surface area contributed by atoms with Crippen molar-refractivity contribution in [2.75, 3.05) is 20.4 Å². The number of thioether (sulfide) groups is 2. The summed E-state index contributed by atoms with van der Waals surface area (Å²) in [6.45, 7) is 4.04. The van der Waals surface area contributed by atoms with Crippen molar-refractivity contribution in [3.8, 4) is 0 Å². The summed E-state index contributed by atoms with van der Waals surface area (Å²) >= 11 is 3.35. The summed E-state index contributed by atoms with van der Waals surface area (Å²) in [5, 5.41) is 2.84. The first-order chi connectivity index (χ1) is 14.8. The van der Waals surface area contributed by atoms with Gasteiger partial charge in [-0.15, -0.1) is 23.5 Å². The topological polar surface area (TPSA) is 42.3 Å². The molecular formula is C24H26N2O2S3. The third kappa shape index (κ3) is 3.89. The Morgan fingerprint density at radius 3 is 2.39 bits per heavy atom. The molecule has 162 valence electrons. The normalized spacial score (nSPS) is 13.4. The Bertz CT molecular complexity index is 1370. The molecule has 4 rings (SSSR count). The first-order valence-corrected chi connectivity index (χ1v) is 13.6. The smallest absolute Gasteiger partial charge is 0.269 e. The first kappa shape index (κ1) is 22.3. The molecule has 1 unspecified atom stereocenters. The monoisotopic (exact) mass is 470 g/mol. The molecule has 3 aromatic carbocycles. The van der Waals surface area contributed by atoms with Crippen molar-refractivity contribution in [3.05, 3.63) is 66.4 Å². The zero-order chi connectivity index (χ0) is 22.3. The predicted octanol–water partition coefficient (Wildman–Crippen LogP) is 6.06. The van der Waals surface area contributed by atoms with Gasteiger partial charge in [-0.2, -0.15) is 0 Å². The lowest BCUT2D eigenvalue weighted by Crippen LogP contribution is -2.21. The SMILES string of the molecule is CSc1ccc2c(c1)c(SC(C)N(C)C)c(C)n2S(=O)(=O)c1cccc2ccccc12. The van der Waals surface area contributed by atoms with Gasteiger partial charge in [0.15, 0.2) is 0 Å². The fourth-order valence-electron chi connectivity index (χ4n) is 3.72. The first-order valence-electron chi connectivity index (χ1n) is 10.0. The van der Waals surface area contributed by atoms with Gasteiger partial charge in [0, 0.05) is 26.3 Å². The van der Waals surface area contributed by atoms with Crippen LogP contribution in [-0.4, -0.2) is 43.0 Å². The van der Waals surface area contributed by atoms with E-state index in [-0.39, 0.29) is 5.37 Å².